The third kappa shape index (κ3) is 2.47. The molecule has 5 heteroatoms. The molecule has 0 aromatic rings. The van der Waals surface area contributed by atoms with Crippen molar-refractivity contribution in [3.05, 3.63) is 11.5 Å². The molecule has 0 saturated carbocycles. The van der Waals surface area contributed by atoms with Crippen molar-refractivity contribution in [2.75, 3.05) is 0 Å². The normalized spacial score (nSPS) is 19.0. The van der Waals surface area contributed by atoms with Crippen LogP contribution in [0.5, 0.6) is 0 Å². The van der Waals surface area contributed by atoms with E-state index in [1.54, 1.807) is 4.91 Å². The van der Waals surface area contributed by atoms with Gasteiger partial charge < -0.3 is 0 Å². The Balaban J connectivity index is 2.18. The fourth-order valence-corrected chi connectivity index (χ4v) is 7.09. The molecule has 0 bridgehead atoms. The van der Waals surface area contributed by atoms with Gasteiger partial charge in [0, 0.05) is 0 Å². The van der Waals surface area contributed by atoms with E-state index in [-0.39, 0.29) is 5.97 Å². The molecule has 0 atom stereocenters. The molecule has 0 aromatic carbocycles. The van der Waals surface area contributed by atoms with E-state index in [1.807, 2.05) is 0 Å². The van der Waals surface area contributed by atoms with Crippen LogP contribution in [0.2, 0.25) is 5.25 Å². The van der Waals surface area contributed by atoms with Gasteiger partial charge in [-0.3, -0.25) is 0 Å². The van der Waals surface area contributed by atoms with Gasteiger partial charge in [-0.2, -0.15) is 0 Å². The SMILES string of the molecule is C=[CH][Ge][O][Ge]1[CH2]CC(=O)[O]1. The molecular formula is C5H7Ge2O3. The van der Waals surface area contributed by atoms with E-state index in [4.69, 9.17) is 6.55 Å². The number of hydrogen-bond donors (Lipinski definition) is 0. The summed E-state index contributed by atoms with van der Waals surface area (Å²) in [6.45, 7) is 3.56. The molecule has 1 aliphatic heterocycles. The zero-order valence-electron chi connectivity index (χ0n) is 5.42. The summed E-state index contributed by atoms with van der Waals surface area (Å²) in [7, 11) is 0. The molecule has 53 valence electrons. The molecule has 1 heterocycles. The number of carbonyl (C=O) groups excluding carboxylic acids is 1. The average molecular weight is 260 g/mol. The molecule has 1 fully saturated rings. The van der Waals surface area contributed by atoms with Crippen LogP contribution in [0.4, 0.5) is 0 Å². The van der Waals surface area contributed by atoms with Crippen molar-refractivity contribution in [2.24, 2.45) is 0 Å². The Bertz CT molecular complexity index is 148. The molecule has 0 aromatic heterocycles. The van der Waals surface area contributed by atoms with Crippen LogP contribution in [0, 0.1) is 0 Å². The maximum absolute atomic E-state index is 10.5. The Labute approximate surface area is 71.4 Å². The summed E-state index contributed by atoms with van der Waals surface area (Å²) >= 11 is -2.23. The van der Waals surface area contributed by atoms with Gasteiger partial charge in [0.25, 0.3) is 0 Å². The monoisotopic (exact) mass is 263 g/mol. The number of carbonyl (C=O) groups is 1. The maximum atomic E-state index is 10.5. The summed E-state index contributed by atoms with van der Waals surface area (Å²) in [6.07, 6.45) is 0.568. The van der Waals surface area contributed by atoms with Gasteiger partial charge in [0.15, 0.2) is 0 Å². The molecule has 3 nitrogen and oxygen atoms in total. The van der Waals surface area contributed by atoms with E-state index in [0.717, 1.165) is 5.25 Å². The van der Waals surface area contributed by atoms with Gasteiger partial charge in [0.2, 0.25) is 0 Å². The molecule has 1 saturated heterocycles. The zero-order valence-corrected chi connectivity index (χ0v) is 9.62. The van der Waals surface area contributed by atoms with Crippen molar-refractivity contribution in [2.45, 2.75) is 11.7 Å². The second-order valence-corrected chi connectivity index (χ2v) is 8.81. The Morgan fingerprint density at radius 2 is 2.70 bits per heavy atom. The Kier molecular flexibility index (Phi) is 3.51. The first-order valence-corrected chi connectivity index (χ1v) is 8.19. The summed E-state index contributed by atoms with van der Waals surface area (Å²) < 4.78 is 10.3. The van der Waals surface area contributed by atoms with Crippen LogP contribution in [0.3, 0.4) is 0 Å². The van der Waals surface area contributed by atoms with Gasteiger partial charge in [-0.15, -0.1) is 0 Å². The molecule has 1 rings (SSSR count). The molecule has 0 unspecified atom stereocenters. The van der Waals surface area contributed by atoms with Crippen LogP contribution < -0.4 is 0 Å². The Morgan fingerprint density at radius 1 is 1.90 bits per heavy atom. The number of hydrogen-bond acceptors (Lipinski definition) is 3. The minimum atomic E-state index is -1.77. The van der Waals surface area contributed by atoms with Crippen molar-refractivity contribution >= 4 is 36.8 Å². The van der Waals surface area contributed by atoms with Crippen LogP contribution in [-0.2, 0) is 11.3 Å². The summed E-state index contributed by atoms with van der Waals surface area (Å²) in [6, 6.07) is 0. The third-order valence-corrected chi connectivity index (χ3v) is 8.19. The molecule has 3 radical (unpaired) electrons. The summed E-state index contributed by atoms with van der Waals surface area (Å²) in [4.78, 5) is 12.3. The van der Waals surface area contributed by atoms with Crippen molar-refractivity contribution in [1.82, 2.24) is 0 Å². The molecule has 0 amide bonds. The van der Waals surface area contributed by atoms with Crippen LogP contribution in [0.1, 0.15) is 6.42 Å². The van der Waals surface area contributed by atoms with Gasteiger partial charge in [-0.1, -0.05) is 0 Å². The number of rotatable bonds is 3. The van der Waals surface area contributed by atoms with E-state index < -0.39 is 30.8 Å². The van der Waals surface area contributed by atoms with Gasteiger partial charge in [0.05, 0.1) is 0 Å². The standard InChI is InChI=1S/C5H7Ge2O3/c1-2-6-10-7-4-3-5(8)9-7/h2H,1,3-4H2. The van der Waals surface area contributed by atoms with Crippen LogP contribution in [0.25, 0.3) is 0 Å². The van der Waals surface area contributed by atoms with Crippen molar-refractivity contribution < 1.29 is 11.3 Å². The molecule has 10 heavy (non-hydrogen) atoms. The summed E-state index contributed by atoms with van der Waals surface area (Å²) in [5.41, 5.74) is 0. The van der Waals surface area contributed by atoms with E-state index >= 15 is 0 Å². The van der Waals surface area contributed by atoms with E-state index in [1.165, 1.54) is 0 Å². The van der Waals surface area contributed by atoms with Crippen LogP contribution >= 0.6 is 0 Å². The second-order valence-electron chi connectivity index (χ2n) is 1.77. The average Bonchev–Trinajstić information content (AvgIpc) is 2.31. The third-order valence-electron chi connectivity index (χ3n) is 1.02. The van der Waals surface area contributed by atoms with E-state index in [9.17, 15) is 4.79 Å². The first kappa shape index (κ1) is 8.35. The zero-order chi connectivity index (χ0) is 7.40. The van der Waals surface area contributed by atoms with Crippen LogP contribution in [0.15, 0.2) is 11.5 Å². The first-order valence-electron chi connectivity index (χ1n) is 2.92. The summed E-state index contributed by atoms with van der Waals surface area (Å²) in [5, 5.41) is 0.871. The quantitative estimate of drug-likeness (QED) is 0.680. The Hall–Kier alpha value is 0.256. The van der Waals surface area contributed by atoms with Crippen molar-refractivity contribution in [3.63, 3.8) is 0 Å². The topological polar surface area (TPSA) is 35.5 Å². The Morgan fingerprint density at radius 3 is 3.20 bits per heavy atom. The van der Waals surface area contributed by atoms with Gasteiger partial charge in [0.1, 0.15) is 0 Å². The first-order chi connectivity index (χ1) is 4.83. The van der Waals surface area contributed by atoms with E-state index in [2.05, 4.69) is 6.58 Å². The van der Waals surface area contributed by atoms with Crippen molar-refractivity contribution in [1.29, 1.82) is 0 Å². The molecular weight excluding hydrogens is 253 g/mol. The fraction of sp³-hybridized carbons (Fsp3) is 0.400. The van der Waals surface area contributed by atoms with Gasteiger partial charge in [-0.25, -0.2) is 0 Å². The summed E-state index contributed by atoms with van der Waals surface area (Å²) in [5.74, 6) is -0.0781. The molecule has 0 N–H and O–H groups in total. The van der Waals surface area contributed by atoms with Crippen LogP contribution in [-0.4, -0.2) is 36.8 Å². The van der Waals surface area contributed by atoms with Crippen molar-refractivity contribution in [3.8, 4) is 0 Å². The predicted molar refractivity (Wildman–Crippen MR) is 38.3 cm³/mol. The molecule has 0 spiro atoms. The molecule has 1 aliphatic rings. The minimum absolute atomic E-state index is 0.0781. The fourth-order valence-electron chi connectivity index (χ4n) is 0.612. The molecule has 0 aliphatic carbocycles. The van der Waals surface area contributed by atoms with Gasteiger partial charge in [-0.05, 0) is 0 Å². The van der Waals surface area contributed by atoms with Gasteiger partial charge >= 0.3 is 71.3 Å². The van der Waals surface area contributed by atoms with E-state index in [0.29, 0.717) is 6.42 Å². The second kappa shape index (κ2) is 4.20. The predicted octanol–water partition coefficient (Wildman–Crippen LogP) is 0.201.